The summed E-state index contributed by atoms with van der Waals surface area (Å²) in [6, 6.07) is 2.11. The molecule has 3 aromatic heterocycles. The average molecular weight is 373 g/mol. The largest absolute Gasteiger partial charge is 0.483 e. The molecule has 0 aromatic carbocycles. The van der Waals surface area contributed by atoms with Crippen LogP contribution in [0.25, 0.3) is 22.3 Å². The number of rotatable bonds is 6. The lowest BCUT2D eigenvalue weighted by Crippen LogP contribution is -2.02. The topological polar surface area (TPSA) is 106 Å². The monoisotopic (exact) mass is 373 g/mol. The molecule has 0 saturated carbocycles. The molecule has 8 nitrogen and oxygen atoms in total. The summed E-state index contributed by atoms with van der Waals surface area (Å²) in [4.78, 5) is 13.3. The van der Waals surface area contributed by atoms with Gasteiger partial charge in [0, 0.05) is 23.7 Å². The van der Waals surface area contributed by atoms with Gasteiger partial charge in [-0.15, -0.1) is 0 Å². The first-order valence-corrected chi connectivity index (χ1v) is 9.04. The third-order valence-electron chi connectivity index (χ3n) is 4.35. The molecule has 0 spiro atoms. The second-order valence-electron chi connectivity index (χ2n) is 6.41. The van der Waals surface area contributed by atoms with Gasteiger partial charge in [0.15, 0.2) is 5.65 Å². The first-order chi connectivity index (χ1) is 13.0. The Morgan fingerprint density at radius 2 is 1.85 bits per heavy atom. The van der Waals surface area contributed by atoms with Crippen molar-refractivity contribution in [3.05, 3.63) is 29.2 Å². The second-order valence-corrected chi connectivity index (χ2v) is 6.41. The fourth-order valence-corrected chi connectivity index (χ4v) is 3.16. The van der Waals surface area contributed by atoms with Crippen LogP contribution >= 0.6 is 0 Å². The number of hydrogen-bond donors (Lipinski definition) is 2. The van der Waals surface area contributed by atoms with Crippen molar-refractivity contribution in [2.75, 3.05) is 6.61 Å². The Hall–Kier alpha value is -2.74. The third kappa shape index (κ3) is 4.51. The van der Waals surface area contributed by atoms with Crippen LogP contribution in [0, 0.1) is 20.8 Å². The number of aliphatic hydroxyl groups is 1. The standard InChI is InChI=1S/C18H25N5O.CH2O2/c1-5-6-7-23-18-17(14(4)21-23)12(2)10-16(19-18)15-11-22(8-9-24)20-13(15)3;2-1-3/h10-11,24H,5-9H2,1-4H3;1H,(H,2,3). The number of unbranched alkanes of at least 4 members (excludes halogenated alkanes) is 1. The Balaban J connectivity index is 0.000000817. The molecule has 2 N–H and O–H groups in total. The quantitative estimate of drug-likeness (QED) is 0.644. The van der Waals surface area contributed by atoms with Crippen LogP contribution in [0.4, 0.5) is 0 Å². The maximum Gasteiger partial charge on any atom is 0.290 e. The van der Waals surface area contributed by atoms with E-state index < -0.39 is 0 Å². The van der Waals surface area contributed by atoms with Gasteiger partial charge in [-0.05, 0) is 38.8 Å². The molecular weight excluding hydrogens is 346 g/mol. The lowest BCUT2D eigenvalue weighted by molar-refractivity contribution is -0.122. The van der Waals surface area contributed by atoms with E-state index in [1.807, 2.05) is 24.7 Å². The fraction of sp³-hybridized carbons (Fsp3) is 0.474. The van der Waals surface area contributed by atoms with E-state index in [9.17, 15) is 0 Å². The highest BCUT2D eigenvalue weighted by molar-refractivity contribution is 5.85. The van der Waals surface area contributed by atoms with Crippen LogP contribution in [-0.2, 0) is 17.9 Å². The summed E-state index contributed by atoms with van der Waals surface area (Å²) in [5.74, 6) is 0. The van der Waals surface area contributed by atoms with E-state index in [-0.39, 0.29) is 13.1 Å². The molecule has 0 radical (unpaired) electrons. The van der Waals surface area contributed by atoms with Crippen LogP contribution in [0.1, 0.15) is 36.7 Å². The van der Waals surface area contributed by atoms with Gasteiger partial charge in [0.1, 0.15) is 0 Å². The molecule has 3 aromatic rings. The maximum absolute atomic E-state index is 9.11. The second kappa shape index (κ2) is 9.27. The number of pyridine rings is 1. The molecule has 0 aliphatic carbocycles. The number of carbonyl (C=O) groups is 1. The summed E-state index contributed by atoms with van der Waals surface area (Å²) in [6.07, 6.45) is 4.18. The maximum atomic E-state index is 9.11. The highest BCUT2D eigenvalue weighted by Gasteiger charge is 2.16. The Bertz CT molecular complexity index is 914. The van der Waals surface area contributed by atoms with Crippen LogP contribution in [0.5, 0.6) is 0 Å². The van der Waals surface area contributed by atoms with Gasteiger partial charge in [-0.1, -0.05) is 13.3 Å². The minimum Gasteiger partial charge on any atom is -0.483 e. The molecule has 0 aliphatic heterocycles. The van der Waals surface area contributed by atoms with Crippen LogP contribution in [0.15, 0.2) is 12.3 Å². The molecule has 3 heterocycles. The molecular formula is C19H27N5O3. The highest BCUT2D eigenvalue weighted by Crippen LogP contribution is 2.28. The fourth-order valence-electron chi connectivity index (χ4n) is 3.16. The molecule has 0 aliphatic rings. The lowest BCUT2D eigenvalue weighted by atomic mass is 10.1. The minimum absolute atomic E-state index is 0.0784. The van der Waals surface area contributed by atoms with Gasteiger partial charge in [-0.3, -0.25) is 9.48 Å². The number of aromatic nitrogens is 5. The molecule has 0 fully saturated rings. The SMILES string of the molecule is CCCCn1nc(C)c2c(C)cc(-c3cn(CCO)nc3C)nc21.O=CO. The highest BCUT2D eigenvalue weighted by atomic mass is 16.3. The number of nitrogens with zero attached hydrogens (tertiary/aromatic N) is 5. The molecule has 3 rings (SSSR count). The van der Waals surface area contributed by atoms with Gasteiger partial charge < -0.3 is 10.2 Å². The average Bonchev–Trinajstić information content (AvgIpc) is 3.14. The molecule has 0 atom stereocenters. The summed E-state index contributed by atoms with van der Waals surface area (Å²) >= 11 is 0. The van der Waals surface area contributed by atoms with Gasteiger partial charge in [-0.2, -0.15) is 10.2 Å². The van der Waals surface area contributed by atoms with Crippen molar-refractivity contribution in [3.63, 3.8) is 0 Å². The van der Waals surface area contributed by atoms with Crippen molar-refractivity contribution in [1.29, 1.82) is 0 Å². The first kappa shape index (κ1) is 20.6. The lowest BCUT2D eigenvalue weighted by Gasteiger charge is -2.06. The summed E-state index contributed by atoms with van der Waals surface area (Å²) in [5.41, 5.74) is 6.01. The van der Waals surface area contributed by atoms with Crippen LogP contribution in [0.2, 0.25) is 0 Å². The zero-order chi connectivity index (χ0) is 20.0. The van der Waals surface area contributed by atoms with E-state index in [0.717, 1.165) is 53.1 Å². The summed E-state index contributed by atoms with van der Waals surface area (Å²) in [5, 5.41) is 26.3. The minimum atomic E-state index is -0.250. The van der Waals surface area contributed by atoms with Gasteiger partial charge in [0.25, 0.3) is 6.47 Å². The zero-order valence-corrected chi connectivity index (χ0v) is 16.3. The zero-order valence-electron chi connectivity index (χ0n) is 16.3. The molecule has 0 amide bonds. The van der Waals surface area contributed by atoms with Crippen LogP contribution in [-0.4, -0.2) is 47.8 Å². The number of aryl methyl sites for hydroxylation is 4. The molecule has 0 bridgehead atoms. The summed E-state index contributed by atoms with van der Waals surface area (Å²) in [6.45, 7) is 9.53. The normalized spacial score (nSPS) is 10.7. The number of carboxylic acid groups (broad SMARTS) is 1. The van der Waals surface area contributed by atoms with Crippen molar-refractivity contribution in [2.45, 2.75) is 53.6 Å². The van der Waals surface area contributed by atoms with E-state index in [1.165, 1.54) is 5.56 Å². The Morgan fingerprint density at radius 1 is 1.15 bits per heavy atom. The van der Waals surface area contributed by atoms with E-state index in [0.29, 0.717) is 6.54 Å². The van der Waals surface area contributed by atoms with Crippen molar-refractivity contribution >= 4 is 17.5 Å². The predicted molar refractivity (Wildman–Crippen MR) is 104 cm³/mol. The summed E-state index contributed by atoms with van der Waals surface area (Å²) < 4.78 is 3.80. The van der Waals surface area contributed by atoms with Crippen molar-refractivity contribution < 1.29 is 15.0 Å². The van der Waals surface area contributed by atoms with E-state index >= 15 is 0 Å². The Morgan fingerprint density at radius 3 is 2.48 bits per heavy atom. The van der Waals surface area contributed by atoms with Gasteiger partial charge >= 0.3 is 0 Å². The van der Waals surface area contributed by atoms with E-state index in [2.05, 4.69) is 30.1 Å². The van der Waals surface area contributed by atoms with Gasteiger partial charge in [0.05, 0.1) is 30.2 Å². The van der Waals surface area contributed by atoms with Gasteiger partial charge in [0.2, 0.25) is 0 Å². The molecule has 0 unspecified atom stereocenters. The summed E-state index contributed by atoms with van der Waals surface area (Å²) in [7, 11) is 0. The molecule has 146 valence electrons. The van der Waals surface area contributed by atoms with Crippen LogP contribution in [0.3, 0.4) is 0 Å². The van der Waals surface area contributed by atoms with Crippen molar-refractivity contribution in [2.24, 2.45) is 0 Å². The Kier molecular flexibility index (Phi) is 7.06. The number of aliphatic hydroxyl groups excluding tert-OH is 1. The van der Waals surface area contributed by atoms with Crippen molar-refractivity contribution in [3.8, 4) is 11.3 Å². The number of fused-ring (bicyclic) bond motifs is 1. The van der Waals surface area contributed by atoms with Crippen molar-refractivity contribution in [1.82, 2.24) is 24.5 Å². The molecule has 27 heavy (non-hydrogen) atoms. The van der Waals surface area contributed by atoms with E-state index in [4.69, 9.17) is 20.0 Å². The third-order valence-corrected chi connectivity index (χ3v) is 4.35. The number of hydrogen-bond acceptors (Lipinski definition) is 5. The Labute approximate surface area is 158 Å². The smallest absolute Gasteiger partial charge is 0.290 e. The van der Waals surface area contributed by atoms with Gasteiger partial charge in [-0.25, -0.2) is 9.67 Å². The predicted octanol–water partition coefficient (Wildman–Crippen LogP) is 2.71. The first-order valence-electron chi connectivity index (χ1n) is 9.04. The van der Waals surface area contributed by atoms with E-state index in [1.54, 1.807) is 4.68 Å². The van der Waals surface area contributed by atoms with Crippen LogP contribution < -0.4 is 0 Å². The molecule has 8 heteroatoms. The molecule has 0 saturated heterocycles.